The summed E-state index contributed by atoms with van der Waals surface area (Å²) >= 11 is 0. The number of amides is 1. The molecule has 1 aromatic heterocycles. The van der Waals surface area contributed by atoms with Crippen molar-refractivity contribution in [3.8, 4) is 0 Å². The van der Waals surface area contributed by atoms with E-state index in [0.717, 1.165) is 5.82 Å². The number of nitrogens with one attached hydrogen (secondary N) is 1. The van der Waals surface area contributed by atoms with Crippen LogP contribution < -0.4 is 5.32 Å². The molecule has 19 heavy (non-hydrogen) atoms. The van der Waals surface area contributed by atoms with Crippen LogP contribution in [-0.4, -0.2) is 15.7 Å². The van der Waals surface area contributed by atoms with Crippen LogP contribution in [0.5, 0.6) is 0 Å². The van der Waals surface area contributed by atoms with Crippen LogP contribution in [0, 0.1) is 5.92 Å². The Balaban J connectivity index is 1.77. The van der Waals surface area contributed by atoms with Crippen molar-refractivity contribution in [1.29, 1.82) is 0 Å². The van der Waals surface area contributed by atoms with Crippen molar-refractivity contribution in [2.45, 2.75) is 25.8 Å². The molecule has 2 aromatic rings. The summed E-state index contributed by atoms with van der Waals surface area (Å²) in [6, 6.07) is 11.4. The average Bonchev–Trinajstić information content (AvgIpc) is 3.19. The zero-order chi connectivity index (χ0) is 13.2. The minimum atomic E-state index is -0.0923. The van der Waals surface area contributed by atoms with E-state index in [0.29, 0.717) is 17.5 Å². The van der Waals surface area contributed by atoms with E-state index in [1.165, 1.54) is 12.8 Å². The van der Waals surface area contributed by atoms with Crippen molar-refractivity contribution in [2.75, 3.05) is 5.32 Å². The summed E-state index contributed by atoms with van der Waals surface area (Å²) in [6.07, 6.45) is 4.25. The second-order valence-electron chi connectivity index (χ2n) is 5.06. The van der Waals surface area contributed by atoms with Crippen molar-refractivity contribution in [3.63, 3.8) is 0 Å². The fraction of sp³-hybridized carbons (Fsp3) is 0.333. The largest absolute Gasteiger partial charge is 0.307 e. The van der Waals surface area contributed by atoms with Gasteiger partial charge >= 0.3 is 0 Å². The van der Waals surface area contributed by atoms with Crippen molar-refractivity contribution < 1.29 is 4.79 Å². The van der Waals surface area contributed by atoms with Gasteiger partial charge in [-0.15, -0.1) is 0 Å². The molecule has 1 fully saturated rings. The number of carbonyl (C=O) groups excluding carboxylic acids is 1. The first kappa shape index (κ1) is 12.0. The summed E-state index contributed by atoms with van der Waals surface area (Å²) in [7, 11) is 0. The number of nitrogens with zero attached hydrogens (tertiary/aromatic N) is 2. The maximum Gasteiger partial charge on any atom is 0.256 e. The Morgan fingerprint density at radius 2 is 2.05 bits per heavy atom. The molecule has 1 heterocycles. The first-order chi connectivity index (χ1) is 9.25. The normalized spacial score (nSPS) is 16.1. The highest BCUT2D eigenvalue weighted by molar-refractivity contribution is 6.03. The van der Waals surface area contributed by atoms with Gasteiger partial charge in [0.1, 0.15) is 5.82 Å². The van der Waals surface area contributed by atoms with Gasteiger partial charge in [-0.2, -0.15) is 5.10 Å². The van der Waals surface area contributed by atoms with E-state index >= 15 is 0 Å². The molecule has 1 aliphatic rings. The van der Waals surface area contributed by atoms with E-state index < -0.39 is 0 Å². The summed E-state index contributed by atoms with van der Waals surface area (Å²) in [5.41, 5.74) is 0.661. The van der Waals surface area contributed by atoms with Gasteiger partial charge in [0.25, 0.3) is 5.91 Å². The molecule has 0 bridgehead atoms. The zero-order valence-electron chi connectivity index (χ0n) is 10.9. The molecule has 4 heteroatoms. The van der Waals surface area contributed by atoms with Crippen LogP contribution in [0.2, 0.25) is 0 Å². The number of anilines is 1. The minimum Gasteiger partial charge on any atom is -0.307 e. The summed E-state index contributed by atoms with van der Waals surface area (Å²) < 4.78 is 1.92. The molecule has 1 atom stereocenters. The molecule has 1 amide bonds. The molecule has 3 rings (SSSR count). The van der Waals surface area contributed by atoms with E-state index in [1.807, 2.05) is 28.9 Å². The van der Waals surface area contributed by atoms with E-state index in [1.54, 1.807) is 18.3 Å². The van der Waals surface area contributed by atoms with Gasteiger partial charge in [0.15, 0.2) is 0 Å². The Morgan fingerprint density at radius 1 is 1.32 bits per heavy atom. The van der Waals surface area contributed by atoms with Gasteiger partial charge in [-0.3, -0.25) is 4.79 Å². The lowest BCUT2D eigenvalue weighted by Gasteiger charge is -2.15. The first-order valence-corrected chi connectivity index (χ1v) is 6.65. The summed E-state index contributed by atoms with van der Waals surface area (Å²) in [6.45, 7) is 2.16. The Kier molecular flexibility index (Phi) is 3.07. The lowest BCUT2D eigenvalue weighted by atomic mass is 10.2. The predicted molar refractivity (Wildman–Crippen MR) is 74.1 cm³/mol. The van der Waals surface area contributed by atoms with Gasteiger partial charge in [-0.25, -0.2) is 4.68 Å². The van der Waals surface area contributed by atoms with Gasteiger partial charge in [-0.05, 0) is 37.8 Å². The number of benzene rings is 1. The molecule has 98 valence electrons. The fourth-order valence-electron chi connectivity index (χ4n) is 2.29. The van der Waals surface area contributed by atoms with Gasteiger partial charge in [0.05, 0.1) is 12.2 Å². The van der Waals surface area contributed by atoms with Gasteiger partial charge in [-0.1, -0.05) is 18.2 Å². The number of rotatable bonds is 4. The van der Waals surface area contributed by atoms with E-state index in [-0.39, 0.29) is 5.91 Å². The van der Waals surface area contributed by atoms with Gasteiger partial charge in [0.2, 0.25) is 0 Å². The van der Waals surface area contributed by atoms with Crippen LogP contribution in [0.15, 0.2) is 42.6 Å². The smallest absolute Gasteiger partial charge is 0.256 e. The standard InChI is InChI=1S/C15H17N3O/c1-11(12-7-8-12)18-14(9-10-16-18)17-15(19)13-5-3-2-4-6-13/h2-6,9-12H,7-8H2,1H3,(H,17,19). The molecule has 1 N–H and O–H groups in total. The number of hydrogen-bond donors (Lipinski definition) is 1. The van der Waals surface area contributed by atoms with Crippen LogP contribution in [0.25, 0.3) is 0 Å². The molecular weight excluding hydrogens is 238 g/mol. The Morgan fingerprint density at radius 3 is 2.74 bits per heavy atom. The third-order valence-corrected chi connectivity index (χ3v) is 3.64. The minimum absolute atomic E-state index is 0.0923. The van der Waals surface area contributed by atoms with Crippen molar-refractivity contribution in [2.24, 2.45) is 5.92 Å². The SMILES string of the molecule is CC(C1CC1)n1nccc1NC(=O)c1ccccc1. The second kappa shape index (κ2) is 4.88. The molecule has 4 nitrogen and oxygen atoms in total. The van der Waals surface area contributed by atoms with Crippen molar-refractivity contribution in [3.05, 3.63) is 48.2 Å². The van der Waals surface area contributed by atoms with E-state index in [4.69, 9.17) is 0 Å². The Bertz CT molecular complexity index is 572. The topological polar surface area (TPSA) is 46.9 Å². The summed E-state index contributed by atoms with van der Waals surface area (Å²) in [5.74, 6) is 1.38. The fourth-order valence-corrected chi connectivity index (χ4v) is 2.29. The van der Waals surface area contributed by atoms with Crippen molar-refractivity contribution >= 4 is 11.7 Å². The highest BCUT2D eigenvalue weighted by Gasteiger charge is 2.30. The van der Waals surface area contributed by atoms with E-state index in [2.05, 4.69) is 17.3 Å². The summed E-state index contributed by atoms with van der Waals surface area (Å²) in [5, 5.41) is 7.26. The lowest BCUT2D eigenvalue weighted by molar-refractivity contribution is 0.102. The zero-order valence-corrected chi connectivity index (χ0v) is 10.9. The molecular formula is C15H17N3O. The molecule has 1 saturated carbocycles. The molecule has 1 aromatic carbocycles. The maximum absolute atomic E-state index is 12.1. The van der Waals surface area contributed by atoms with E-state index in [9.17, 15) is 4.79 Å². The van der Waals surface area contributed by atoms with Crippen molar-refractivity contribution in [1.82, 2.24) is 9.78 Å². The van der Waals surface area contributed by atoms with Crippen LogP contribution in [0.3, 0.4) is 0 Å². The molecule has 0 aliphatic heterocycles. The third-order valence-electron chi connectivity index (χ3n) is 3.64. The predicted octanol–water partition coefficient (Wildman–Crippen LogP) is 3.11. The third kappa shape index (κ3) is 2.52. The number of aromatic nitrogens is 2. The Hall–Kier alpha value is -2.10. The molecule has 0 radical (unpaired) electrons. The maximum atomic E-state index is 12.1. The second-order valence-corrected chi connectivity index (χ2v) is 5.06. The summed E-state index contributed by atoms with van der Waals surface area (Å²) in [4.78, 5) is 12.1. The van der Waals surface area contributed by atoms with Gasteiger partial charge in [0, 0.05) is 11.6 Å². The lowest BCUT2D eigenvalue weighted by Crippen LogP contribution is -2.18. The number of carbonyl (C=O) groups is 1. The van der Waals surface area contributed by atoms with Crippen LogP contribution in [-0.2, 0) is 0 Å². The van der Waals surface area contributed by atoms with Crippen LogP contribution in [0.4, 0.5) is 5.82 Å². The van der Waals surface area contributed by atoms with Crippen LogP contribution in [0.1, 0.15) is 36.2 Å². The van der Waals surface area contributed by atoms with Gasteiger partial charge < -0.3 is 5.32 Å². The molecule has 0 spiro atoms. The highest BCUT2D eigenvalue weighted by atomic mass is 16.1. The monoisotopic (exact) mass is 255 g/mol. The highest BCUT2D eigenvalue weighted by Crippen LogP contribution is 2.40. The first-order valence-electron chi connectivity index (χ1n) is 6.65. The van der Waals surface area contributed by atoms with Crippen LogP contribution >= 0.6 is 0 Å². The molecule has 1 unspecified atom stereocenters. The number of hydrogen-bond acceptors (Lipinski definition) is 2. The Labute approximate surface area is 112 Å². The quantitative estimate of drug-likeness (QED) is 0.912. The molecule has 1 aliphatic carbocycles. The molecule has 0 saturated heterocycles. The average molecular weight is 255 g/mol.